The highest BCUT2D eigenvalue weighted by Crippen LogP contribution is 1.96. The van der Waals surface area contributed by atoms with Gasteiger partial charge in [0.15, 0.2) is 0 Å². The van der Waals surface area contributed by atoms with Crippen LogP contribution in [0, 0.1) is 0 Å². The van der Waals surface area contributed by atoms with Gasteiger partial charge in [-0.2, -0.15) is 0 Å². The number of unbranched alkanes of at least 4 members (excludes halogenated alkanes) is 4. The molecule has 0 rings (SSSR count). The van der Waals surface area contributed by atoms with Crippen molar-refractivity contribution in [2.24, 2.45) is 0 Å². The van der Waals surface area contributed by atoms with Crippen LogP contribution >= 0.6 is 0 Å². The Hall–Kier alpha value is -1.58. The van der Waals surface area contributed by atoms with Gasteiger partial charge in [-0.05, 0) is 12.8 Å². The summed E-state index contributed by atoms with van der Waals surface area (Å²) in [5, 5.41) is 0. The van der Waals surface area contributed by atoms with E-state index in [2.05, 4.69) is 13.8 Å². The van der Waals surface area contributed by atoms with Crippen molar-refractivity contribution >= 4 is 11.9 Å². The zero-order chi connectivity index (χ0) is 15.1. The second-order valence-corrected chi connectivity index (χ2v) is 4.47. The summed E-state index contributed by atoms with van der Waals surface area (Å²) in [4.78, 5) is 22.5. The van der Waals surface area contributed by atoms with Gasteiger partial charge in [0.25, 0.3) is 0 Å². The Morgan fingerprint density at radius 3 is 1.50 bits per heavy atom. The van der Waals surface area contributed by atoms with Crippen molar-refractivity contribution in [3.8, 4) is 0 Å². The van der Waals surface area contributed by atoms with Crippen molar-refractivity contribution in [3.63, 3.8) is 0 Å². The SMILES string of the molecule is CCCCCOC(=O)/C=C/C=C/C(=O)OCCCCC. The maximum atomic E-state index is 11.2. The summed E-state index contributed by atoms with van der Waals surface area (Å²) < 4.78 is 9.93. The van der Waals surface area contributed by atoms with E-state index in [4.69, 9.17) is 9.47 Å². The third kappa shape index (κ3) is 12.9. The normalized spacial score (nSPS) is 11.1. The first-order chi connectivity index (χ1) is 9.70. The molecule has 0 saturated carbocycles. The molecule has 0 aliphatic rings. The maximum Gasteiger partial charge on any atom is 0.330 e. The lowest BCUT2D eigenvalue weighted by Crippen LogP contribution is -2.02. The van der Waals surface area contributed by atoms with Crippen LogP contribution in [0.4, 0.5) is 0 Å². The summed E-state index contributed by atoms with van der Waals surface area (Å²) in [5.41, 5.74) is 0. The van der Waals surface area contributed by atoms with Crippen molar-refractivity contribution in [1.82, 2.24) is 0 Å². The zero-order valence-corrected chi connectivity index (χ0v) is 12.6. The van der Waals surface area contributed by atoms with Crippen molar-refractivity contribution in [3.05, 3.63) is 24.3 Å². The van der Waals surface area contributed by atoms with E-state index in [-0.39, 0.29) is 11.9 Å². The highest BCUT2D eigenvalue weighted by Gasteiger charge is 1.96. The van der Waals surface area contributed by atoms with Gasteiger partial charge in [0, 0.05) is 12.2 Å². The average Bonchev–Trinajstić information content (AvgIpc) is 2.44. The molecule has 0 atom stereocenters. The minimum atomic E-state index is -0.387. The van der Waals surface area contributed by atoms with Crippen LogP contribution in [0.15, 0.2) is 24.3 Å². The average molecular weight is 282 g/mol. The highest BCUT2D eigenvalue weighted by atomic mass is 16.5. The number of allylic oxidation sites excluding steroid dienone is 2. The molecule has 0 radical (unpaired) electrons. The smallest absolute Gasteiger partial charge is 0.330 e. The monoisotopic (exact) mass is 282 g/mol. The molecule has 0 N–H and O–H groups in total. The van der Waals surface area contributed by atoms with Gasteiger partial charge < -0.3 is 9.47 Å². The first kappa shape index (κ1) is 18.4. The van der Waals surface area contributed by atoms with E-state index in [0.29, 0.717) is 13.2 Å². The lowest BCUT2D eigenvalue weighted by molar-refractivity contribution is -0.138. The summed E-state index contributed by atoms with van der Waals surface area (Å²) in [5.74, 6) is -0.774. The molecule has 0 aliphatic heterocycles. The van der Waals surface area contributed by atoms with Crippen molar-refractivity contribution < 1.29 is 19.1 Å². The Labute approximate surface area is 121 Å². The molecule has 0 aliphatic carbocycles. The largest absolute Gasteiger partial charge is 0.463 e. The van der Waals surface area contributed by atoms with Crippen molar-refractivity contribution in [2.45, 2.75) is 52.4 Å². The van der Waals surface area contributed by atoms with Crippen LogP contribution in [0.2, 0.25) is 0 Å². The minimum Gasteiger partial charge on any atom is -0.463 e. The lowest BCUT2D eigenvalue weighted by Gasteiger charge is -2.00. The van der Waals surface area contributed by atoms with Gasteiger partial charge in [0.2, 0.25) is 0 Å². The van der Waals surface area contributed by atoms with Crippen LogP contribution in [0.3, 0.4) is 0 Å². The van der Waals surface area contributed by atoms with E-state index in [1.807, 2.05) is 0 Å². The fourth-order valence-corrected chi connectivity index (χ4v) is 1.41. The topological polar surface area (TPSA) is 52.6 Å². The maximum absolute atomic E-state index is 11.2. The van der Waals surface area contributed by atoms with Gasteiger partial charge >= 0.3 is 11.9 Å². The van der Waals surface area contributed by atoms with Gasteiger partial charge in [-0.1, -0.05) is 51.7 Å². The molecule has 0 aromatic carbocycles. The van der Waals surface area contributed by atoms with Gasteiger partial charge in [-0.25, -0.2) is 9.59 Å². The van der Waals surface area contributed by atoms with Crippen molar-refractivity contribution in [1.29, 1.82) is 0 Å². The Morgan fingerprint density at radius 2 is 1.15 bits per heavy atom. The zero-order valence-electron chi connectivity index (χ0n) is 12.6. The number of hydrogen-bond donors (Lipinski definition) is 0. The Bertz CT molecular complexity index is 286. The van der Waals surface area contributed by atoms with E-state index in [1.165, 1.54) is 24.3 Å². The lowest BCUT2D eigenvalue weighted by atomic mass is 10.3. The fraction of sp³-hybridized carbons (Fsp3) is 0.625. The van der Waals surface area contributed by atoms with Gasteiger partial charge in [-0.15, -0.1) is 0 Å². The third-order valence-corrected chi connectivity index (χ3v) is 2.56. The molecule has 20 heavy (non-hydrogen) atoms. The van der Waals surface area contributed by atoms with E-state index in [9.17, 15) is 9.59 Å². The standard InChI is InChI=1S/C16H26O4/c1-3-5-9-13-19-15(17)11-7-8-12-16(18)20-14-10-6-4-2/h7-8,11-12H,3-6,9-10,13-14H2,1-2H3/b11-7+,12-8+. The molecule has 0 spiro atoms. The van der Waals surface area contributed by atoms with Crippen LogP contribution in [-0.4, -0.2) is 25.2 Å². The first-order valence-corrected chi connectivity index (χ1v) is 7.39. The Kier molecular flexibility index (Phi) is 12.7. The summed E-state index contributed by atoms with van der Waals surface area (Å²) in [6.45, 7) is 5.07. The molecule has 4 heteroatoms. The van der Waals surface area contributed by atoms with Crippen LogP contribution in [-0.2, 0) is 19.1 Å². The number of carbonyl (C=O) groups is 2. The summed E-state index contributed by atoms with van der Waals surface area (Å²) in [7, 11) is 0. The molecule has 0 fully saturated rings. The highest BCUT2D eigenvalue weighted by molar-refractivity contribution is 5.84. The minimum absolute atomic E-state index is 0.387. The molecule has 0 aromatic rings. The predicted molar refractivity (Wildman–Crippen MR) is 79.2 cm³/mol. The van der Waals surface area contributed by atoms with Crippen LogP contribution in [0.1, 0.15) is 52.4 Å². The number of esters is 2. The van der Waals surface area contributed by atoms with Gasteiger partial charge in [0.1, 0.15) is 0 Å². The first-order valence-electron chi connectivity index (χ1n) is 7.39. The number of ether oxygens (including phenoxy) is 2. The molecule has 0 saturated heterocycles. The van der Waals surface area contributed by atoms with E-state index < -0.39 is 0 Å². The molecule has 114 valence electrons. The predicted octanol–water partition coefficient (Wildman–Crippen LogP) is 3.57. The summed E-state index contributed by atoms with van der Waals surface area (Å²) in [6.07, 6.45) is 11.6. The summed E-state index contributed by atoms with van der Waals surface area (Å²) in [6, 6.07) is 0. The quantitative estimate of drug-likeness (QED) is 0.252. The fourth-order valence-electron chi connectivity index (χ4n) is 1.41. The number of hydrogen-bond acceptors (Lipinski definition) is 4. The molecule has 4 nitrogen and oxygen atoms in total. The molecule has 0 unspecified atom stereocenters. The molecular formula is C16H26O4. The summed E-state index contributed by atoms with van der Waals surface area (Å²) >= 11 is 0. The Morgan fingerprint density at radius 1 is 0.750 bits per heavy atom. The van der Waals surface area contributed by atoms with Crippen LogP contribution < -0.4 is 0 Å². The molecular weight excluding hydrogens is 256 g/mol. The van der Waals surface area contributed by atoms with Crippen LogP contribution in [0.5, 0.6) is 0 Å². The third-order valence-electron chi connectivity index (χ3n) is 2.56. The number of rotatable bonds is 11. The van der Waals surface area contributed by atoms with E-state index >= 15 is 0 Å². The molecule has 0 bridgehead atoms. The van der Waals surface area contributed by atoms with Gasteiger partial charge in [-0.3, -0.25) is 0 Å². The Balaban J connectivity index is 3.67. The molecule has 0 aromatic heterocycles. The van der Waals surface area contributed by atoms with E-state index in [1.54, 1.807) is 0 Å². The second-order valence-electron chi connectivity index (χ2n) is 4.47. The van der Waals surface area contributed by atoms with Crippen molar-refractivity contribution in [2.75, 3.05) is 13.2 Å². The molecule has 0 heterocycles. The second kappa shape index (κ2) is 13.8. The van der Waals surface area contributed by atoms with Gasteiger partial charge in [0.05, 0.1) is 13.2 Å². The van der Waals surface area contributed by atoms with E-state index in [0.717, 1.165) is 38.5 Å². The van der Waals surface area contributed by atoms with Crippen LogP contribution in [0.25, 0.3) is 0 Å². The number of carbonyl (C=O) groups excluding carboxylic acids is 2. The molecule has 0 amide bonds.